The van der Waals surface area contributed by atoms with Gasteiger partial charge in [0.05, 0.1) is 9.79 Å². The first kappa shape index (κ1) is 16.0. The summed E-state index contributed by atoms with van der Waals surface area (Å²) in [6.07, 6.45) is 6.01. The van der Waals surface area contributed by atoms with E-state index in [-0.39, 0.29) is 16.3 Å². The molecule has 0 bridgehead atoms. The molecule has 0 aliphatic heterocycles. The van der Waals surface area contributed by atoms with Crippen LogP contribution in [0.1, 0.15) is 12.8 Å². The van der Waals surface area contributed by atoms with Crippen molar-refractivity contribution in [1.82, 2.24) is 4.72 Å². The summed E-state index contributed by atoms with van der Waals surface area (Å²) in [4.78, 5) is -0.421. The highest BCUT2D eigenvalue weighted by atomic mass is 35.7. The number of hydrogen-bond donors (Lipinski definition) is 1. The van der Waals surface area contributed by atoms with Gasteiger partial charge in [-0.1, -0.05) is 6.07 Å². The van der Waals surface area contributed by atoms with E-state index >= 15 is 0 Å². The van der Waals surface area contributed by atoms with Crippen LogP contribution in [0.2, 0.25) is 0 Å². The SMILES string of the molecule is C#CCCCNS(=O)(=O)c1cccc(S(=O)(=O)Cl)c1. The Bertz CT molecular complexity index is 690. The fourth-order valence-electron chi connectivity index (χ4n) is 1.27. The lowest BCUT2D eigenvalue weighted by molar-refractivity contribution is 0.579. The smallest absolute Gasteiger partial charge is 0.211 e. The summed E-state index contributed by atoms with van der Waals surface area (Å²) < 4.78 is 48.4. The predicted molar refractivity (Wildman–Crippen MR) is 72.7 cm³/mol. The molecule has 0 amide bonds. The van der Waals surface area contributed by atoms with Gasteiger partial charge in [0, 0.05) is 23.6 Å². The Morgan fingerprint density at radius 1 is 1.21 bits per heavy atom. The lowest BCUT2D eigenvalue weighted by atomic mass is 10.3. The molecule has 1 aromatic carbocycles. The topological polar surface area (TPSA) is 80.3 Å². The molecule has 0 saturated carbocycles. The van der Waals surface area contributed by atoms with Crippen LogP contribution in [0.5, 0.6) is 0 Å². The van der Waals surface area contributed by atoms with Crippen molar-refractivity contribution >= 4 is 29.8 Å². The van der Waals surface area contributed by atoms with Gasteiger partial charge in [-0.2, -0.15) is 0 Å². The molecular weight excluding hydrogens is 310 g/mol. The van der Waals surface area contributed by atoms with Gasteiger partial charge in [0.1, 0.15) is 0 Å². The second-order valence-corrected chi connectivity index (χ2v) is 7.95. The molecule has 0 aliphatic rings. The van der Waals surface area contributed by atoms with E-state index in [1.807, 2.05) is 0 Å². The van der Waals surface area contributed by atoms with E-state index < -0.39 is 19.1 Å². The maximum Gasteiger partial charge on any atom is 0.261 e. The number of hydrogen-bond acceptors (Lipinski definition) is 4. The van der Waals surface area contributed by atoms with E-state index in [2.05, 4.69) is 10.6 Å². The molecule has 0 atom stereocenters. The van der Waals surface area contributed by atoms with Crippen LogP contribution in [0, 0.1) is 12.3 Å². The molecule has 0 heterocycles. The van der Waals surface area contributed by atoms with E-state index in [0.717, 1.165) is 6.07 Å². The number of benzene rings is 1. The Balaban J connectivity index is 2.94. The maximum absolute atomic E-state index is 11.9. The van der Waals surface area contributed by atoms with E-state index in [1.165, 1.54) is 18.2 Å². The van der Waals surface area contributed by atoms with Crippen LogP contribution in [0.4, 0.5) is 0 Å². The van der Waals surface area contributed by atoms with Crippen LogP contribution in [0.15, 0.2) is 34.1 Å². The molecule has 0 radical (unpaired) electrons. The van der Waals surface area contributed by atoms with Crippen LogP contribution in [0.25, 0.3) is 0 Å². The molecule has 0 fully saturated rings. The fourth-order valence-corrected chi connectivity index (χ4v) is 3.26. The van der Waals surface area contributed by atoms with Crippen LogP contribution in [-0.2, 0) is 19.1 Å². The summed E-state index contributed by atoms with van der Waals surface area (Å²) in [7, 11) is -2.57. The second-order valence-electron chi connectivity index (χ2n) is 3.62. The summed E-state index contributed by atoms with van der Waals surface area (Å²) in [6, 6.07) is 4.83. The normalized spacial score (nSPS) is 12.0. The summed E-state index contributed by atoms with van der Waals surface area (Å²) in [6.45, 7) is 0.185. The average Bonchev–Trinajstić information content (AvgIpc) is 2.34. The first-order valence-electron chi connectivity index (χ1n) is 5.25. The van der Waals surface area contributed by atoms with E-state index in [1.54, 1.807) is 0 Å². The van der Waals surface area contributed by atoms with Crippen LogP contribution >= 0.6 is 10.7 Å². The van der Waals surface area contributed by atoms with Gasteiger partial charge in [-0.25, -0.2) is 21.6 Å². The lowest BCUT2D eigenvalue weighted by Crippen LogP contribution is -2.24. The quantitative estimate of drug-likeness (QED) is 0.486. The first-order valence-corrected chi connectivity index (χ1v) is 9.04. The molecule has 5 nitrogen and oxygen atoms in total. The summed E-state index contributed by atoms with van der Waals surface area (Å²) >= 11 is 0. The van der Waals surface area contributed by atoms with Gasteiger partial charge in [0.2, 0.25) is 10.0 Å². The minimum Gasteiger partial charge on any atom is -0.211 e. The summed E-state index contributed by atoms with van der Waals surface area (Å²) in [5.41, 5.74) is 0. The Kier molecular flexibility index (Phi) is 5.38. The van der Waals surface area contributed by atoms with Gasteiger partial charge in [-0.15, -0.1) is 12.3 Å². The highest BCUT2D eigenvalue weighted by Gasteiger charge is 2.17. The zero-order valence-electron chi connectivity index (χ0n) is 9.84. The Hall–Kier alpha value is -1.07. The number of sulfonamides is 1. The minimum atomic E-state index is -3.96. The molecule has 1 aromatic rings. The number of unbranched alkanes of at least 4 members (excludes halogenated alkanes) is 1. The van der Waals surface area contributed by atoms with Gasteiger partial charge < -0.3 is 0 Å². The third-order valence-corrected chi connectivity index (χ3v) is 5.00. The average molecular weight is 322 g/mol. The van der Waals surface area contributed by atoms with Gasteiger partial charge in [0.15, 0.2) is 0 Å². The lowest BCUT2D eigenvalue weighted by Gasteiger charge is -2.06. The van der Waals surface area contributed by atoms with Crippen molar-refractivity contribution in [2.75, 3.05) is 6.54 Å². The van der Waals surface area contributed by atoms with Gasteiger partial charge in [-0.3, -0.25) is 0 Å². The molecule has 0 spiro atoms. The number of terminal acetylenes is 1. The highest BCUT2D eigenvalue weighted by Crippen LogP contribution is 2.18. The molecule has 19 heavy (non-hydrogen) atoms. The largest absolute Gasteiger partial charge is 0.261 e. The third-order valence-electron chi connectivity index (χ3n) is 2.19. The predicted octanol–water partition coefficient (Wildman–Crippen LogP) is 1.31. The van der Waals surface area contributed by atoms with Crippen LogP contribution in [-0.4, -0.2) is 23.4 Å². The molecule has 8 heteroatoms. The van der Waals surface area contributed by atoms with Gasteiger partial charge >= 0.3 is 0 Å². The molecule has 1 rings (SSSR count). The van der Waals surface area contributed by atoms with E-state index in [0.29, 0.717) is 12.8 Å². The summed E-state index contributed by atoms with van der Waals surface area (Å²) in [5, 5.41) is 0. The van der Waals surface area contributed by atoms with E-state index in [9.17, 15) is 16.8 Å². The Morgan fingerprint density at radius 2 is 1.84 bits per heavy atom. The Morgan fingerprint density at radius 3 is 2.42 bits per heavy atom. The maximum atomic E-state index is 11.9. The molecule has 0 aliphatic carbocycles. The molecular formula is C11H12ClNO4S2. The zero-order valence-corrected chi connectivity index (χ0v) is 12.2. The molecule has 0 saturated heterocycles. The third kappa shape index (κ3) is 4.84. The van der Waals surface area contributed by atoms with Crippen molar-refractivity contribution in [2.24, 2.45) is 0 Å². The van der Waals surface area contributed by atoms with Gasteiger partial charge in [-0.05, 0) is 24.6 Å². The number of nitrogens with one attached hydrogen (secondary N) is 1. The highest BCUT2D eigenvalue weighted by molar-refractivity contribution is 8.13. The standard InChI is InChI=1S/C11H12ClNO4S2/c1-2-3-4-8-13-19(16,17)11-7-5-6-10(9-11)18(12,14)15/h1,5-7,9,13H,3-4,8H2. The molecule has 0 unspecified atom stereocenters. The summed E-state index contributed by atoms with van der Waals surface area (Å²) in [5.74, 6) is 2.39. The molecule has 1 N–H and O–H groups in total. The minimum absolute atomic E-state index is 0.157. The van der Waals surface area contributed by atoms with Gasteiger partial charge in [0.25, 0.3) is 9.05 Å². The van der Waals surface area contributed by atoms with Crippen molar-refractivity contribution in [1.29, 1.82) is 0 Å². The van der Waals surface area contributed by atoms with Crippen molar-refractivity contribution in [3.05, 3.63) is 24.3 Å². The van der Waals surface area contributed by atoms with Crippen molar-refractivity contribution in [2.45, 2.75) is 22.6 Å². The monoisotopic (exact) mass is 321 g/mol. The fraction of sp³-hybridized carbons (Fsp3) is 0.273. The molecule has 104 valence electrons. The number of halogens is 1. The van der Waals surface area contributed by atoms with E-state index in [4.69, 9.17) is 17.1 Å². The Labute approximate surface area is 117 Å². The molecule has 0 aromatic heterocycles. The van der Waals surface area contributed by atoms with Crippen LogP contribution < -0.4 is 4.72 Å². The van der Waals surface area contributed by atoms with Crippen LogP contribution in [0.3, 0.4) is 0 Å². The van der Waals surface area contributed by atoms with Crippen molar-refractivity contribution in [3.8, 4) is 12.3 Å². The number of rotatable bonds is 6. The first-order chi connectivity index (χ1) is 8.77. The second kappa shape index (κ2) is 6.39. The van der Waals surface area contributed by atoms with Crippen molar-refractivity contribution in [3.63, 3.8) is 0 Å². The zero-order chi connectivity index (χ0) is 14.5. The van der Waals surface area contributed by atoms with Crippen molar-refractivity contribution < 1.29 is 16.8 Å².